The number of H-pyrrole nitrogens is 1. The summed E-state index contributed by atoms with van der Waals surface area (Å²) in [6, 6.07) is -0.0221. The molecular formula is C12H22N4O. The number of aromatic nitrogens is 2. The molecule has 0 aliphatic heterocycles. The van der Waals surface area contributed by atoms with E-state index >= 15 is 0 Å². The number of amides is 1. The van der Waals surface area contributed by atoms with Gasteiger partial charge in [-0.05, 0) is 18.8 Å². The van der Waals surface area contributed by atoms with E-state index in [1.807, 2.05) is 6.92 Å². The quantitative estimate of drug-likeness (QED) is 0.737. The lowest BCUT2D eigenvalue weighted by molar-refractivity contribution is 0.0948. The van der Waals surface area contributed by atoms with Gasteiger partial charge < -0.3 is 11.1 Å². The smallest absolute Gasteiger partial charge is 0.254 e. The molecule has 1 aromatic heterocycles. The number of hydrogen-bond acceptors (Lipinski definition) is 3. The van der Waals surface area contributed by atoms with Gasteiger partial charge in [0.25, 0.3) is 5.91 Å². The first-order valence-electron chi connectivity index (χ1n) is 5.83. The molecule has 0 aliphatic carbocycles. The highest BCUT2D eigenvalue weighted by molar-refractivity contribution is 5.94. The summed E-state index contributed by atoms with van der Waals surface area (Å²) in [4.78, 5) is 11.8. The third-order valence-electron chi connectivity index (χ3n) is 2.47. The molecule has 0 bridgehead atoms. The predicted octanol–water partition coefficient (Wildman–Crippen LogP) is 1.21. The molecule has 1 heterocycles. The molecule has 0 saturated carbocycles. The summed E-state index contributed by atoms with van der Waals surface area (Å²) >= 11 is 0. The van der Waals surface area contributed by atoms with Crippen LogP contribution in [0.2, 0.25) is 0 Å². The lowest BCUT2D eigenvalue weighted by Gasteiger charge is -2.23. The maximum absolute atomic E-state index is 11.8. The number of hydrogen-bond donors (Lipinski definition) is 3. The van der Waals surface area contributed by atoms with Gasteiger partial charge in [-0.1, -0.05) is 20.8 Å². The highest BCUT2D eigenvalue weighted by Crippen LogP contribution is 2.19. The standard InChI is InChI=1S/C12H22N4O/c1-8-10(7-15-16-8)11(17)14-6-9(13)5-12(2,3)4/h7,9H,5-6,13H2,1-4H3,(H,14,17)(H,15,16). The zero-order valence-corrected chi connectivity index (χ0v) is 11.0. The number of carbonyl (C=O) groups excluding carboxylic acids is 1. The van der Waals surface area contributed by atoms with Crippen LogP contribution in [-0.2, 0) is 0 Å². The van der Waals surface area contributed by atoms with Crippen LogP contribution in [0.5, 0.6) is 0 Å². The fourth-order valence-corrected chi connectivity index (χ4v) is 1.76. The average Bonchev–Trinajstić information content (AvgIpc) is 2.58. The largest absolute Gasteiger partial charge is 0.350 e. The molecule has 0 spiro atoms. The molecule has 1 unspecified atom stereocenters. The van der Waals surface area contributed by atoms with E-state index in [9.17, 15) is 4.79 Å². The van der Waals surface area contributed by atoms with Crippen LogP contribution in [0.3, 0.4) is 0 Å². The van der Waals surface area contributed by atoms with Crippen LogP contribution in [-0.4, -0.2) is 28.7 Å². The van der Waals surface area contributed by atoms with Crippen LogP contribution in [0, 0.1) is 12.3 Å². The Balaban J connectivity index is 2.42. The highest BCUT2D eigenvalue weighted by atomic mass is 16.1. The summed E-state index contributed by atoms with van der Waals surface area (Å²) in [5.41, 5.74) is 7.48. The topological polar surface area (TPSA) is 83.8 Å². The van der Waals surface area contributed by atoms with Crippen molar-refractivity contribution < 1.29 is 4.79 Å². The number of nitrogens with two attached hydrogens (primary N) is 1. The van der Waals surface area contributed by atoms with E-state index < -0.39 is 0 Å². The van der Waals surface area contributed by atoms with Crippen LogP contribution >= 0.6 is 0 Å². The SMILES string of the molecule is Cc1[nH]ncc1C(=O)NCC(N)CC(C)(C)C. The van der Waals surface area contributed by atoms with E-state index in [1.165, 1.54) is 6.20 Å². The van der Waals surface area contributed by atoms with Gasteiger partial charge in [0.05, 0.1) is 11.8 Å². The minimum Gasteiger partial charge on any atom is -0.350 e. The fraction of sp³-hybridized carbons (Fsp3) is 0.667. The third-order valence-corrected chi connectivity index (χ3v) is 2.47. The summed E-state index contributed by atoms with van der Waals surface area (Å²) in [7, 11) is 0. The summed E-state index contributed by atoms with van der Waals surface area (Å²) in [6.07, 6.45) is 2.40. The Kier molecular flexibility index (Phi) is 4.28. The van der Waals surface area contributed by atoms with Gasteiger partial charge in [-0.15, -0.1) is 0 Å². The van der Waals surface area contributed by atoms with Crippen molar-refractivity contribution in [3.63, 3.8) is 0 Å². The number of carbonyl (C=O) groups is 1. The van der Waals surface area contributed by atoms with E-state index in [4.69, 9.17) is 5.73 Å². The van der Waals surface area contributed by atoms with Crippen molar-refractivity contribution in [3.8, 4) is 0 Å². The van der Waals surface area contributed by atoms with Crippen LogP contribution in [0.15, 0.2) is 6.20 Å². The van der Waals surface area contributed by atoms with Gasteiger partial charge in [0.15, 0.2) is 0 Å². The molecule has 0 aliphatic rings. The second-order valence-corrected chi connectivity index (χ2v) is 5.64. The van der Waals surface area contributed by atoms with Gasteiger partial charge in [-0.2, -0.15) is 5.10 Å². The second-order valence-electron chi connectivity index (χ2n) is 5.64. The van der Waals surface area contributed by atoms with Crippen molar-refractivity contribution in [2.75, 3.05) is 6.54 Å². The van der Waals surface area contributed by atoms with Crippen molar-refractivity contribution >= 4 is 5.91 Å². The molecule has 0 radical (unpaired) electrons. The van der Waals surface area contributed by atoms with Crippen molar-refractivity contribution in [3.05, 3.63) is 17.5 Å². The second kappa shape index (κ2) is 5.31. The van der Waals surface area contributed by atoms with Crippen molar-refractivity contribution in [2.45, 2.75) is 40.2 Å². The van der Waals surface area contributed by atoms with E-state index in [0.29, 0.717) is 12.1 Å². The van der Waals surface area contributed by atoms with Gasteiger partial charge in [-0.3, -0.25) is 9.89 Å². The van der Waals surface area contributed by atoms with Gasteiger partial charge in [0, 0.05) is 18.3 Å². The van der Waals surface area contributed by atoms with E-state index in [0.717, 1.165) is 12.1 Å². The van der Waals surface area contributed by atoms with Crippen molar-refractivity contribution in [2.24, 2.45) is 11.1 Å². The monoisotopic (exact) mass is 238 g/mol. The minimum absolute atomic E-state index is 0.0221. The molecule has 0 fully saturated rings. The Hall–Kier alpha value is -1.36. The molecule has 4 N–H and O–H groups in total. The first-order valence-corrected chi connectivity index (χ1v) is 5.83. The first-order chi connectivity index (χ1) is 7.79. The minimum atomic E-state index is -0.124. The Morgan fingerprint density at radius 2 is 2.24 bits per heavy atom. The Morgan fingerprint density at radius 1 is 1.59 bits per heavy atom. The molecule has 1 amide bonds. The van der Waals surface area contributed by atoms with Gasteiger partial charge in [0.2, 0.25) is 0 Å². The van der Waals surface area contributed by atoms with Crippen molar-refractivity contribution in [1.82, 2.24) is 15.5 Å². The summed E-state index contributed by atoms with van der Waals surface area (Å²) in [6.45, 7) is 8.70. The average molecular weight is 238 g/mol. The van der Waals surface area contributed by atoms with Crippen LogP contribution < -0.4 is 11.1 Å². The van der Waals surface area contributed by atoms with Crippen LogP contribution in [0.1, 0.15) is 43.2 Å². The molecule has 96 valence electrons. The van der Waals surface area contributed by atoms with Crippen molar-refractivity contribution in [1.29, 1.82) is 0 Å². The van der Waals surface area contributed by atoms with E-state index in [1.54, 1.807) is 0 Å². The van der Waals surface area contributed by atoms with Gasteiger partial charge >= 0.3 is 0 Å². The Bertz CT molecular complexity index is 378. The van der Waals surface area contributed by atoms with Gasteiger partial charge in [0.1, 0.15) is 0 Å². The maximum atomic E-state index is 11.8. The molecule has 5 heteroatoms. The molecule has 1 atom stereocenters. The summed E-state index contributed by atoms with van der Waals surface area (Å²) in [5.74, 6) is -0.124. The molecule has 5 nitrogen and oxygen atoms in total. The van der Waals surface area contributed by atoms with Crippen LogP contribution in [0.25, 0.3) is 0 Å². The number of nitrogens with zero attached hydrogens (tertiary/aromatic N) is 1. The number of rotatable bonds is 4. The summed E-state index contributed by atoms with van der Waals surface area (Å²) in [5, 5.41) is 9.37. The molecule has 1 rings (SSSR count). The Morgan fingerprint density at radius 3 is 2.71 bits per heavy atom. The molecule has 0 aromatic carbocycles. The lowest BCUT2D eigenvalue weighted by Crippen LogP contribution is -2.39. The highest BCUT2D eigenvalue weighted by Gasteiger charge is 2.17. The number of aryl methyl sites for hydroxylation is 1. The van der Waals surface area contributed by atoms with E-state index in [2.05, 4.69) is 36.3 Å². The first kappa shape index (κ1) is 13.7. The molecule has 1 aromatic rings. The molecular weight excluding hydrogens is 216 g/mol. The maximum Gasteiger partial charge on any atom is 0.254 e. The van der Waals surface area contributed by atoms with Gasteiger partial charge in [-0.25, -0.2) is 0 Å². The number of nitrogens with one attached hydrogen (secondary N) is 2. The van der Waals surface area contributed by atoms with Crippen LogP contribution in [0.4, 0.5) is 0 Å². The summed E-state index contributed by atoms with van der Waals surface area (Å²) < 4.78 is 0. The normalized spacial score (nSPS) is 13.5. The zero-order chi connectivity index (χ0) is 13.1. The fourth-order valence-electron chi connectivity index (χ4n) is 1.76. The zero-order valence-electron chi connectivity index (χ0n) is 11.0. The number of aromatic amines is 1. The third kappa shape index (κ3) is 4.56. The van der Waals surface area contributed by atoms with E-state index in [-0.39, 0.29) is 17.4 Å². The molecule has 17 heavy (non-hydrogen) atoms. The molecule has 0 saturated heterocycles. The lowest BCUT2D eigenvalue weighted by atomic mass is 9.88. The Labute approximate surface area is 102 Å². The predicted molar refractivity (Wildman–Crippen MR) is 67.7 cm³/mol.